The minimum Gasteiger partial charge on any atom is -0.494 e. The van der Waals surface area contributed by atoms with E-state index in [2.05, 4.69) is 15.6 Å². The highest BCUT2D eigenvalue weighted by molar-refractivity contribution is 7.92. The molecule has 4 rings (SSSR count). The van der Waals surface area contributed by atoms with Crippen LogP contribution in [0.2, 0.25) is 4.34 Å². The van der Waals surface area contributed by atoms with Gasteiger partial charge in [-0.2, -0.15) is 0 Å². The van der Waals surface area contributed by atoms with Crippen molar-refractivity contribution in [3.63, 3.8) is 0 Å². The fraction of sp³-hybridized carbons (Fsp3) is 0.136. The van der Waals surface area contributed by atoms with Crippen LogP contribution in [0.4, 0.5) is 16.2 Å². The molecule has 0 aliphatic heterocycles. The Morgan fingerprint density at radius 2 is 1.91 bits per heavy atom. The van der Waals surface area contributed by atoms with Crippen molar-refractivity contribution in [2.75, 3.05) is 17.2 Å². The average Bonchev–Trinajstić information content (AvgIpc) is 3.25. The summed E-state index contributed by atoms with van der Waals surface area (Å²) in [6.07, 6.45) is 2.18. The number of halogens is 1. The second-order valence-corrected chi connectivity index (χ2v) is 11.0. The van der Waals surface area contributed by atoms with Crippen molar-refractivity contribution in [3.05, 3.63) is 69.4 Å². The molecule has 3 aromatic heterocycles. The lowest BCUT2D eigenvalue weighted by molar-refractivity contribution is 0.256. The number of hydrogen-bond acceptors (Lipinski definition) is 8. The molecule has 0 saturated heterocycles. The monoisotopic (exact) mass is 533 g/mol. The maximum Gasteiger partial charge on any atom is 0.333 e. The number of aromatic hydroxyl groups is 1. The third-order valence-corrected chi connectivity index (χ3v) is 7.91. The van der Waals surface area contributed by atoms with Crippen molar-refractivity contribution in [2.24, 2.45) is 0 Å². The number of benzene rings is 1. The Labute approximate surface area is 209 Å². The molecule has 2 amide bonds. The van der Waals surface area contributed by atoms with E-state index in [1.54, 1.807) is 12.1 Å². The first-order chi connectivity index (χ1) is 16.7. The predicted octanol–water partition coefficient (Wildman–Crippen LogP) is 4.14. The lowest BCUT2D eigenvalue weighted by Crippen LogP contribution is -2.34. The zero-order valence-electron chi connectivity index (χ0n) is 18.3. The molecule has 0 spiro atoms. The van der Waals surface area contributed by atoms with Gasteiger partial charge in [0.15, 0.2) is 0 Å². The van der Waals surface area contributed by atoms with Crippen LogP contribution in [0.1, 0.15) is 13.3 Å². The van der Waals surface area contributed by atoms with E-state index in [-0.39, 0.29) is 25.9 Å². The zero-order chi connectivity index (χ0) is 25.2. The Kier molecular flexibility index (Phi) is 6.96. The Balaban J connectivity index is 1.53. The smallest absolute Gasteiger partial charge is 0.333 e. The first-order valence-corrected chi connectivity index (χ1v) is 13.0. The molecule has 0 saturated carbocycles. The molecule has 0 unspecified atom stereocenters. The summed E-state index contributed by atoms with van der Waals surface area (Å²) in [7, 11) is -4.08. The van der Waals surface area contributed by atoms with Crippen LogP contribution in [-0.2, 0) is 10.0 Å². The number of carbonyl (C=O) groups is 1. The number of urea groups is 1. The molecule has 0 fully saturated rings. The van der Waals surface area contributed by atoms with Crippen molar-refractivity contribution in [2.45, 2.75) is 17.6 Å². The SMILES string of the molecule is CCCNc1ccc2c(O)n(-c3ccc(NC(=O)NS(=O)(=O)c4ccc(Cl)s4)cn3)c(=O)cc2c1. The van der Waals surface area contributed by atoms with Gasteiger partial charge < -0.3 is 15.7 Å². The number of pyridine rings is 2. The molecule has 0 atom stereocenters. The summed E-state index contributed by atoms with van der Waals surface area (Å²) in [6.45, 7) is 2.83. The number of fused-ring (bicyclic) bond motifs is 1. The third kappa shape index (κ3) is 5.39. The van der Waals surface area contributed by atoms with Gasteiger partial charge in [0.05, 0.1) is 16.2 Å². The number of rotatable bonds is 7. The van der Waals surface area contributed by atoms with Gasteiger partial charge in [-0.3, -0.25) is 4.79 Å². The van der Waals surface area contributed by atoms with Crippen molar-refractivity contribution in [3.8, 4) is 11.7 Å². The molecule has 182 valence electrons. The third-order valence-electron chi connectivity index (χ3n) is 4.86. The highest BCUT2D eigenvalue weighted by Crippen LogP contribution is 2.28. The molecule has 0 bridgehead atoms. The van der Waals surface area contributed by atoms with Crippen LogP contribution >= 0.6 is 22.9 Å². The van der Waals surface area contributed by atoms with Gasteiger partial charge in [-0.1, -0.05) is 18.5 Å². The Morgan fingerprint density at radius 3 is 2.57 bits per heavy atom. The summed E-state index contributed by atoms with van der Waals surface area (Å²) in [5, 5.41) is 17.4. The van der Waals surface area contributed by atoms with Crippen molar-refractivity contribution in [1.29, 1.82) is 0 Å². The largest absolute Gasteiger partial charge is 0.494 e. The van der Waals surface area contributed by atoms with Gasteiger partial charge in [-0.25, -0.2) is 27.5 Å². The van der Waals surface area contributed by atoms with E-state index >= 15 is 0 Å². The fourth-order valence-corrected chi connectivity index (χ4v) is 5.66. The number of thiophene rings is 1. The Bertz CT molecular complexity index is 1570. The summed E-state index contributed by atoms with van der Waals surface area (Å²) in [5.74, 6) is -0.157. The number of carbonyl (C=O) groups excluding carboxylic acids is 1. The number of nitrogens with zero attached hydrogens (tertiary/aromatic N) is 2. The lowest BCUT2D eigenvalue weighted by atomic mass is 10.1. The number of nitrogens with one attached hydrogen (secondary N) is 3. The molecular formula is C22H20ClN5O5S2. The lowest BCUT2D eigenvalue weighted by Gasteiger charge is -2.12. The van der Waals surface area contributed by atoms with Crippen molar-refractivity contribution < 1.29 is 18.3 Å². The first kappa shape index (κ1) is 24.5. The number of amides is 2. The highest BCUT2D eigenvalue weighted by atomic mass is 35.5. The normalized spacial score (nSPS) is 11.4. The molecule has 1 aromatic carbocycles. The summed E-state index contributed by atoms with van der Waals surface area (Å²) >= 11 is 6.56. The standard InChI is InChI=1S/C22H20ClN5O5S2/c1-2-9-24-14-3-5-16-13(10-14)11-19(29)28(21(16)30)18-7-4-15(12-25-18)26-22(31)27-35(32,33)20-8-6-17(23)34-20/h3-8,10-12,24,30H,2,9H2,1H3,(H2,26,27,31). The van der Waals surface area contributed by atoms with Gasteiger partial charge in [0.2, 0.25) is 5.88 Å². The molecule has 4 aromatic rings. The first-order valence-electron chi connectivity index (χ1n) is 10.4. The Hall–Kier alpha value is -3.61. The molecule has 35 heavy (non-hydrogen) atoms. The molecule has 4 N–H and O–H groups in total. The average molecular weight is 534 g/mol. The van der Waals surface area contributed by atoms with Crippen LogP contribution in [0, 0.1) is 0 Å². The second kappa shape index (κ2) is 9.94. The van der Waals surface area contributed by atoms with Gasteiger partial charge in [-0.15, -0.1) is 11.3 Å². The minimum atomic E-state index is -4.08. The number of aromatic nitrogens is 2. The van der Waals surface area contributed by atoms with E-state index in [0.29, 0.717) is 10.8 Å². The van der Waals surface area contributed by atoms with Gasteiger partial charge in [-0.05, 0) is 54.3 Å². The number of anilines is 2. The van der Waals surface area contributed by atoms with Crippen LogP contribution < -0.4 is 20.9 Å². The van der Waals surface area contributed by atoms with E-state index in [4.69, 9.17) is 11.6 Å². The molecule has 3 heterocycles. The Morgan fingerprint density at radius 1 is 1.14 bits per heavy atom. The topological polar surface area (TPSA) is 142 Å². The molecule has 0 radical (unpaired) electrons. The van der Waals surface area contributed by atoms with E-state index in [0.717, 1.165) is 34.6 Å². The van der Waals surface area contributed by atoms with Crippen LogP contribution in [0.5, 0.6) is 5.88 Å². The highest BCUT2D eigenvalue weighted by Gasteiger charge is 2.20. The van der Waals surface area contributed by atoms with Gasteiger partial charge in [0, 0.05) is 23.7 Å². The van der Waals surface area contributed by atoms with Crippen LogP contribution in [-0.4, -0.2) is 35.7 Å². The van der Waals surface area contributed by atoms with Crippen LogP contribution in [0.15, 0.2) is 63.7 Å². The van der Waals surface area contributed by atoms with E-state index in [9.17, 15) is 23.1 Å². The maximum absolute atomic E-state index is 12.7. The van der Waals surface area contributed by atoms with Gasteiger partial charge >= 0.3 is 6.03 Å². The van der Waals surface area contributed by atoms with Crippen LogP contribution in [0.25, 0.3) is 16.6 Å². The summed E-state index contributed by atoms with van der Waals surface area (Å²) in [6, 6.07) is 11.2. The van der Waals surface area contributed by atoms with Crippen molar-refractivity contribution >= 4 is 61.1 Å². The fourth-order valence-electron chi connectivity index (χ4n) is 3.27. The minimum absolute atomic E-state index is 0.106. The molecular weight excluding hydrogens is 514 g/mol. The predicted molar refractivity (Wildman–Crippen MR) is 136 cm³/mol. The molecule has 13 heteroatoms. The molecule has 10 nitrogen and oxygen atoms in total. The number of sulfonamides is 1. The quantitative estimate of drug-likeness (QED) is 0.279. The van der Waals surface area contributed by atoms with E-state index < -0.39 is 21.6 Å². The summed E-state index contributed by atoms with van der Waals surface area (Å²) in [4.78, 5) is 29.0. The second-order valence-electron chi connectivity index (χ2n) is 7.39. The van der Waals surface area contributed by atoms with E-state index in [1.165, 1.54) is 36.5 Å². The maximum atomic E-state index is 12.7. The summed E-state index contributed by atoms with van der Waals surface area (Å²) < 4.78 is 27.6. The van der Waals surface area contributed by atoms with Gasteiger partial charge in [0.1, 0.15) is 10.0 Å². The van der Waals surface area contributed by atoms with Gasteiger partial charge in [0.25, 0.3) is 15.6 Å². The number of hydrogen-bond donors (Lipinski definition) is 4. The molecule has 0 aliphatic rings. The van der Waals surface area contributed by atoms with Crippen LogP contribution in [0.3, 0.4) is 0 Å². The molecule has 0 aliphatic carbocycles. The van der Waals surface area contributed by atoms with E-state index in [1.807, 2.05) is 17.7 Å². The summed E-state index contributed by atoms with van der Waals surface area (Å²) in [5.41, 5.74) is 0.520. The zero-order valence-corrected chi connectivity index (χ0v) is 20.7. The van der Waals surface area contributed by atoms with Crippen molar-refractivity contribution in [1.82, 2.24) is 14.3 Å².